The van der Waals surface area contributed by atoms with Crippen LogP contribution in [0.5, 0.6) is 11.5 Å². The number of hydrogen-bond donors (Lipinski definition) is 3. The summed E-state index contributed by atoms with van der Waals surface area (Å²) >= 11 is 6.71. The Morgan fingerprint density at radius 2 is 1.76 bits per heavy atom. The molecule has 3 N–H and O–H groups in total. The van der Waals surface area contributed by atoms with Crippen LogP contribution in [0.25, 0.3) is 10.9 Å². The second-order valence-corrected chi connectivity index (χ2v) is 19.8. The normalized spacial score (nSPS) is 20.7. The van der Waals surface area contributed by atoms with Crippen LogP contribution >= 0.6 is 11.6 Å². The molecule has 1 unspecified atom stereocenters. The second kappa shape index (κ2) is 17.7. The second-order valence-electron chi connectivity index (χ2n) is 19.4. The van der Waals surface area contributed by atoms with Crippen LogP contribution in [0.3, 0.4) is 0 Å². The zero-order chi connectivity index (χ0) is 46.7. The van der Waals surface area contributed by atoms with Gasteiger partial charge in [0.25, 0.3) is 17.4 Å². The number of imide groups is 1. The quantitative estimate of drug-likeness (QED) is 0.145. The van der Waals surface area contributed by atoms with Gasteiger partial charge in [-0.3, -0.25) is 29.3 Å². The Bertz CT molecular complexity index is 2650. The first kappa shape index (κ1) is 45.3. The zero-order valence-corrected chi connectivity index (χ0v) is 39.4. The number of fused-ring (bicyclic) bond motifs is 2. The molecule has 4 aromatic rings. The Morgan fingerprint density at radius 1 is 1.00 bits per heavy atom. The van der Waals surface area contributed by atoms with Gasteiger partial charge in [-0.1, -0.05) is 11.6 Å². The predicted molar refractivity (Wildman–Crippen MR) is 254 cm³/mol. The molecule has 17 heteroatoms. The number of nitrogens with one attached hydrogen (secondary N) is 3. The van der Waals surface area contributed by atoms with E-state index in [2.05, 4.69) is 44.5 Å². The lowest BCUT2D eigenvalue weighted by atomic mass is 9.57. The molecule has 350 valence electrons. The summed E-state index contributed by atoms with van der Waals surface area (Å²) in [5.74, 6) is 1.03. The molecule has 0 saturated carbocycles. The summed E-state index contributed by atoms with van der Waals surface area (Å²) in [4.78, 5) is 76.9. The highest BCUT2D eigenvalue weighted by Crippen LogP contribution is 2.57. The van der Waals surface area contributed by atoms with Gasteiger partial charge in [0.2, 0.25) is 11.8 Å². The lowest BCUT2D eigenvalue weighted by Gasteiger charge is -2.67. The minimum Gasteiger partial charge on any atom is -0.494 e. The van der Waals surface area contributed by atoms with Gasteiger partial charge in [-0.15, -0.1) is 0 Å². The number of pyridine rings is 2. The first-order chi connectivity index (χ1) is 31.6. The summed E-state index contributed by atoms with van der Waals surface area (Å²) in [7, 11) is 3.17. The Hall–Kier alpha value is -5.87. The highest BCUT2D eigenvalue weighted by molar-refractivity contribution is 6.33. The van der Waals surface area contributed by atoms with Crippen LogP contribution in [0.1, 0.15) is 88.2 Å². The average molecular weight is 923 g/mol. The highest BCUT2D eigenvalue weighted by Gasteiger charge is 2.60. The van der Waals surface area contributed by atoms with Crippen LogP contribution in [-0.2, 0) is 20.9 Å². The summed E-state index contributed by atoms with van der Waals surface area (Å²) < 4.78 is 13.4. The fourth-order valence-corrected chi connectivity index (χ4v) is 11.2. The van der Waals surface area contributed by atoms with Gasteiger partial charge in [0.05, 0.1) is 41.8 Å². The van der Waals surface area contributed by atoms with Gasteiger partial charge in [-0.05, 0) is 115 Å². The maximum absolute atomic E-state index is 13.5. The van der Waals surface area contributed by atoms with Crippen molar-refractivity contribution < 1.29 is 28.7 Å². The molecule has 0 aliphatic carbocycles. The zero-order valence-electron chi connectivity index (χ0n) is 38.7. The van der Waals surface area contributed by atoms with Crippen molar-refractivity contribution in [3.63, 3.8) is 0 Å². The molecule has 4 amide bonds. The van der Waals surface area contributed by atoms with E-state index in [-0.39, 0.29) is 65.6 Å². The molecular weight excluding hydrogens is 862 g/mol. The summed E-state index contributed by atoms with van der Waals surface area (Å²) in [6, 6.07) is 12.5. The van der Waals surface area contributed by atoms with Crippen molar-refractivity contribution in [1.82, 2.24) is 30.0 Å². The number of piperidine rings is 3. The number of likely N-dealkylation sites (tertiary alicyclic amines) is 1. The van der Waals surface area contributed by atoms with Gasteiger partial charge in [0, 0.05) is 84.9 Å². The summed E-state index contributed by atoms with van der Waals surface area (Å²) in [5, 5.41) is 9.67. The van der Waals surface area contributed by atoms with Gasteiger partial charge >= 0.3 is 0 Å². The number of anilines is 4. The lowest BCUT2D eigenvalue weighted by molar-refractivity contribution is -0.137. The maximum atomic E-state index is 13.5. The van der Waals surface area contributed by atoms with E-state index in [1.807, 2.05) is 50.2 Å². The molecule has 2 aromatic carbocycles. The van der Waals surface area contributed by atoms with E-state index >= 15 is 0 Å². The number of methoxy groups -OCH3 is 1. The first-order valence-electron chi connectivity index (χ1n) is 23.2. The fraction of sp³-hybridized carbons (Fsp3) is 0.510. The number of likely N-dealkylation sites (N-methyl/N-ethyl adjacent to an activating group) is 1. The van der Waals surface area contributed by atoms with E-state index in [9.17, 15) is 24.0 Å². The van der Waals surface area contributed by atoms with Gasteiger partial charge in [0.1, 0.15) is 17.6 Å². The van der Waals surface area contributed by atoms with E-state index in [4.69, 9.17) is 26.1 Å². The van der Waals surface area contributed by atoms with Crippen LogP contribution < -0.4 is 40.8 Å². The molecule has 5 aliphatic rings. The minimum absolute atomic E-state index is 0.112. The Kier molecular flexibility index (Phi) is 12.2. The van der Waals surface area contributed by atoms with E-state index in [0.717, 1.165) is 104 Å². The topological polar surface area (TPSA) is 171 Å². The fourth-order valence-electron chi connectivity index (χ4n) is 11.0. The van der Waals surface area contributed by atoms with E-state index in [0.29, 0.717) is 28.7 Å². The number of rotatable bonds is 12. The van der Waals surface area contributed by atoms with E-state index in [1.165, 1.54) is 7.05 Å². The average Bonchev–Trinajstić information content (AvgIpc) is 3.63. The summed E-state index contributed by atoms with van der Waals surface area (Å²) in [6.45, 7) is 14.5. The smallest absolute Gasteiger partial charge is 0.293 e. The predicted octanol–water partition coefficient (Wildman–Crippen LogP) is 5.87. The van der Waals surface area contributed by atoms with Crippen molar-refractivity contribution in [1.29, 1.82) is 0 Å². The van der Waals surface area contributed by atoms with E-state index < -0.39 is 11.9 Å². The number of hydrogen-bond acceptors (Lipinski definition) is 12. The molecule has 0 bridgehead atoms. The monoisotopic (exact) mass is 921 g/mol. The minimum atomic E-state index is -0.672. The molecule has 4 saturated heterocycles. The molecule has 0 radical (unpaired) electrons. The van der Waals surface area contributed by atoms with Gasteiger partial charge in [-0.25, -0.2) is 4.98 Å². The Labute approximate surface area is 389 Å². The number of aromatic nitrogens is 2. The number of amides is 4. The highest BCUT2D eigenvalue weighted by atomic mass is 35.5. The maximum Gasteiger partial charge on any atom is 0.293 e. The molecule has 5 aliphatic heterocycles. The van der Waals surface area contributed by atoms with Crippen LogP contribution in [0.4, 0.5) is 22.9 Å². The van der Waals surface area contributed by atoms with Crippen LogP contribution in [0, 0.1) is 11.3 Å². The molecule has 9 rings (SSSR count). The lowest BCUT2D eigenvalue weighted by Crippen LogP contribution is -2.74. The van der Waals surface area contributed by atoms with Crippen LogP contribution in [-0.4, -0.2) is 115 Å². The summed E-state index contributed by atoms with van der Waals surface area (Å²) in [6.07, 6.45) is 6.59. The van der Waals surface area contributed by atoms with Crippen molar-refractivity contribution in [2.75, 3.05) is 75.1 Å². The third-order valence-corrected chi connectivity index (χ3v) is 15.4. The molecule has 2 aromatic heterocycles. The first-order valence-corrected chi connectivity index (χ1v) is 23.5. The van der Waals surface area contributed by atoms with Crippen LogP contribution in [0.2, 0.25) is 5.02 Å². The number of carbonyl (C=O) groups excluding carboxylic acids is 4. The number of benzene rings is 2. The van der Waals surface area contributed by atoms with E-state index in [1.54, 1.807) is 28.8 Å². The van der Waals surface area contributed by atoms with Crippen molar-refractivity contribution in [2.24, 2.45) is 11.3 Å². The molecule has 16 nitrogen and oxygen atoms in total. The van der Waals surface area contributed by atoms with Crippen molar-refractivity contribution in [2.45, 2.75) is 90.4 Å². The number of ether oxygens (including phenoxy) is 2. The third-order valence-electron chi connectivity index (χ3n) is 15.1. The van der Waals surface area contributed by atoms with Gasteiger partial charge in [-0.2, -0.15) is 0 Å². The van der Waals surface area contributed by atoms with Gasteiger partial charge < -0.3 is 44.3 Å². The van der Waals surface area contributed by atoms with Crippen molar-refractivity contribution in [3.8, 4) is 11.5 Å². The number of nitrogens with zero attached hydrogens (tertiary/aromatic N) is 6. The Morgan fingerprint density at radius 3 is 2.44 bits per heavy atom. The summed E-state index contributed by atoms with van der Waals surface area (Å²) in [5.41, 5.74) is 4.36. The molecule has 66 heavy (non-hydrogen) atoms. The largest absolute Gasteiger partial charge is 0.494 e. The van der Waals surface area contributed by atoms with Crippen molar-refractivity contribution in [3.05, 3.63) is 75.2 Å². The third kappa shape index (κ3) is 8.09. The van der Waals surface area contributed by atoms with Crippen LogP contribution in [0.15, 0.2) is 53.5 Å². The Balaban J connectivity index is 0.795. The molecular formula is C49H60ClN9O7. The van der Waals surface area contributed by atoms with Crippen molar-refractivity contribution >= 4 is 69.0 Å². The number of carbonyl (C=O) groups is 4. The SMILES string of the molecule is CNC(=O)COc1cc2cc(Nc3cc(N4CCC(CN5CCC6(CC5)CN(c5ccc7c(c5OC)CN(C5CCC(=O)NC5=O)C7=O)C6(C)C)CC4)ncc3Cl)ccc2n(C(C)C)c1=O. The molecule has 7 heterocycles. The van der Waals surface area contributed by atoms with Gasteiger partial charge in [0.15, 0.2) is 12.4 Å². The number of halogens is 1. The standard InChI is InChI=1S/C49H60ClN9O7/c1-29(2)59-37-9-7-32(21-31(37)22-40(47(59)64)66-27-43(61)51-5)53-36-23-41(52-24-35(36)50)56-17-13-30(14-18-56)25-55-19-15-49(16-20-55)28-58(48(49,3)4)38-10-8-33-34(44(38)65-6)26-57(46(33)63)39-11-12-42(60)54-45(39)62/h7-10,21-24,29-30,39H,11-20,25-28H2,1-6H3,(H,51,61)(H,52,53)(H,54,60,62). The molecule has 1 spiro atoms. The molecule has 1 atom stereocenters. The molecule has 4 fully saturated rings.